The zero-order valence-electron chi connectivity index (χ0n) is 10.7. The summed E-state index contributed by atoms with van der Waals surface area (Å²) in [6.45, 7) is 1.67. The number of ketones is 1. The predicted molar refractivity (Wildman–Crippen MR) is 80.6 cm³/mol. The summed E-state index contributed by atoms with van der Waals surface area (Å²) in [5, 5.41) is 0.833. The number of aromatic nitrogens is 1. The Morgan fingerprint density at radius 2 is 2.00 bits per heavy atom. The van der Waals surface area contributed by atoms with Crippen molar-refractivity contribution in [2.75, 3.05) is 0 Å². The Bertz CT molecular complexity index is 822. The molecule has 3 aromatic rings. The average Bonchev–Trinajstić information content (AvgIpc) is 2.84. The molecule has 0 spiro atoms. The molecular weight excluding hydrogens is 321 g/mol. The number of rotatable bonds is 2. The Hall–Kier alpha value is -1.94. The fourth-order valence-corrected chi connectivity index (χ4v) is 2.54. The van der Waals surface area contributed by atoms with E-state index in [1.807, 2.05) is 18.2 Å². The quantitative estimate of drug-likeness (QED) is 0.683. The topological polar surface area (TPSA) is 32.9 Å². The number of H-pyrrole nitrogens is 1. The highest BCUT2D eigenvalue weighted by atomic mass is 79.9. The molecule has 0 atom stereocenters. The summed E-state index contributed by atoms with van der Waals surface area (Å²) in [6.07, 6.45) is 1.66. The minimum Gasteiger partial charge on any atom is -0.360 e. The summed E-state index contributed by atoms with van der Waals surface area (Å²) >= 11 is 3.39. The number of carbonyl (C=O) groups is 1. The molecule has 0 bridgehead atoms. The summed E-state index contributed by atoms with van der Waals surface area (Å²) in [5.74, 6) is -0.545. The Balaban J connectivity index is 2.10. The van der Waals surface area contributed by atoms with Gasteiger partial charge in [-0.05, 0) is 30.7 Å². The predicted octanol–water partition coefficient (Wildman–Crippen LogP) is 4.61. The molecule has 2 nitrogen and oxygen atoms in total. The van der Waals surface area contributed by atoms with Gasteiger partial charge in [0.25, 0.3) is 0 Å². The van der Waals surface area contributed by atoms with Crippen molar-refractivity contribution in [1.29, 1.82) is 0 Å². The molecule has 0 radical (unpaired) electrons. The van der Waals surface area contributed by atoms with Crippen LogP contribution in [0.1, 0.15) is 21.5 Å². The maximum atomic E-state index is 13.6. The molecule has 20 heavy (non-hydrogen) atoms. The van der Waals surface area contributed by atoms with E-state index in [1.54, 1.807) is 25.3 Å². The van der Waals surface area contributed by atoms with Gasteiger partial charge in [0.15, 0.2) is 5.78 Å². The zero-order chi connectivity index (χ0) is 14.3. The van der Waals surface area contributed by atoms with Gasteiger partial charge in [-0.25, -0.2) is 4.39 Å². The first-order valence-corrected chi connectivity index (χ1v) is 6.93. The lowest BCUT2D eigenvalue weighted by atomic mass is 10.0. The summed E-state index contributed by atoms with van der Waals surface area (Å²) < 4.78 is 14.5. The van der Waals surface area contributed by atoms with Crippen molar-refractivity contribution in [3.05, 3.63) is 69.6 Å². The third-order valence-electron chi connectivity index (χ3n) is 3.32. The van der Waals surface area contributed by atoms with Gasteiger partial charge in [-0.2, -0.15) is 0 Å². The molecule has 1 N–H and O–H groups in total. The number of carbonyl (C=O) groups excluding carboxylic acids is 1. The van der Waals surface area contributed by atoms with Gasteiger partial charge in [0.1, 0.15) is 5.82 Å². The number of hydrogen-bond donors (Lipinski definition) is 1. The highest BCUT2D eigenvalue weighted by molar-refractivity contribution is 9.10. The molecule has 1 heterocycles. The fraction of sp³-hybridized carbons (Fsp3) is 0.0625. The van der Waals surface area contributed by atoms with Crippen molar-refractivity contribution in [2.24, 2.45) is 0 Å². The van der Waals surface area contributed by atoms with E-state index in [0.29, 0.717) is 16.7 Å². The largest absolute Gasteiger partial charge is 0.360 e. The molecule has 0 amide bonds. The van der Waals surface area contributed by atoms with Crippen LogP contribution >= 0.6 is 15.9 Å². The van der Waals surface area contributed by atoms with E-state index in [4.69, 9.17) is 0 Å². The van der Waals surface area contributed by atoms with Crippen LogP contribution in [0.5, 0.6) is 0 Å². The number of halogens is 2. The summed E-state index contributed by atoms with van der Waals surface area (Å²) in [4.78, 5) is 15.5. The summed E-state index contributed by atoms with van der Waals surface area (Å²) in [7, 11) is 0. The van der Waals surface area contributed by atoms with E-state index >= 15 is 0 Å². The molecule has 0 aliphatic rings. The van der Waals surface area contributed by atoms with Crippen LogP contribution in [0.15, 0.2) is 47.1 Å². The second kappa shape index (κ2) is 4.87. The first kappa shape index (κ1) is 13.1. The molecule has 3 rings (SSSR count). The Kier molecular flexibility index (Phi) is 3.18. The zero-order valence-corrected chi connectivity index (χ0v) is 12.3. The number of aromatic amines is 1. The smallest absolute Gasteiger partial charge is 0.195 e. The van der Waals surface area contributed by atoms with Gasteiger partial charge in [-0.15, -0.1) is 0 Å². The average molecular weight is 332 g/mol. The monoisotopic (exact) mass is 331 g/mol. The van der Waals surface area contributed by atoms with Crippen LogP contribution in [0.2, 0.25) is 0 Å². The van der Waals surface area contributed by atoms with E-state index < -0.39 is 0 Å². The molecule has 2 aromatic carbocycles. The van der Waals surface area contributed by atoms with Crippen LogP contribution in [-0.2, 0) is 0 Å². The van der Waals surface area contributed by atoms with Gasteiger partial charge < -0.3 is 4.98 Å². The molecule has 100 valence electrons. The molecule has 0 saturated heterocycles. The fourth-order valence-electron chi connectivity index (χ4n) is 2.18. The van der Waals surface area contributed by atoms with Crippen molar-refractivity contribution in [3.8, 4) is 0 Å². The van der Waals surface area contributed by atoms with Crippen LogP contribution in [0.3, 0.4) is 0 Å². The van der Waals surface area contributed by atoms with Crippen LogP contribution in [0.4, 0.5) is 4.39 Å². The van der Waals surface area contributed by atoms with E-state index in [-0.39, 0.29) is 11.6 Å². The first-order chi connectivity index (χ1) is 9.56. The summed E-state index contributed by atoms with van der Waals surface area (Å²) in [6, 6.07) is 10.2. The first-order valence-electron chi connectivity index (χ1n) is 6.14. The number of hydrogen-bond acceptors (Lipinski definition) is 1. The van der Waals surface area contributed by atoms with Gasteiger partial charge >= 0.3 is 0 Å². The lowest BCUT2D eigenvalue weighted by Gasteiger charge is -2.02. The highest BCUT2D eigenvalue weighted by Gasteiger charge is 2.15. The minimum absolute atomic E-state index is 0.183. The standard InChI is InChI=1S/C16H11BrFNO/c1-9-2-3-10(6-14(9)18)16(20)13-8-19-15-7-11(17)4-5-12(13)15/h2-8,19H,1H3. The van der Waals surface area contributed by atoms with Crippen LogP contribution in [0, 0.1) is 12.7 Å². The lowest BCUT2D eigenvalue weighted by Crippen LogP contribution is -2.01. The van der Waals surface area contributed by atoms with Crippen molar-refractivity contribution >= 4 is 32.6 Å². The Morgan fingerprint density at radius 3 is 2.75 bits per heavy atom. The molecule has 0 aliphatic heterocycles. The van der Waals surface area contributed by atoms with E-state index in [9.17, 15) is 9.18 Å². The van der Waals surface area contributed by atoms with Crippen molar-refractivity contribution in [1.82, 2.24) is 4.98 Å². The van der Waals surface area contributed by atoms with Gasteiger partial charge in [0.05, 0.1) is 0 Å². The second-order valence-electron chi connectivity index (χ2n) is 4.69. The van der Waals surface area contributed by atoms with Crippen LogP contribution in [-0.4, -0.2) is 10.8 Å². The lowest BCUT2D eigenvalue weighted by molar-refractivity contribution is 0.104. The number of benzene rings is 2. The molecule has 1 aromatic heterocycles. The van der Waals surface area contributed by atoms with Gasteiger partial charge in [0, 0.05) is 32.7 Å². The Morgan fingerprint density at radius 1 is 1.20 bits per heavy atom. The van der Waals surface area contributed by atoms with Crippen LogP contribution < -0.4 is 0 Å². The Labute approximate surface area is 123 Å². The molecule has 0 saturated carbocycles. The van der Waals surface area contributed by atoms with Gasteiger partial charge in [-0.1, -0.05) is 34.1 Å². The van der Waals surface area contributed by atoms with E-state index in [0.717, 1.165) is 15.4 Å². The van der Waals surface area contributed by atoms with Crippen LogP contribution in [0.25, 0.3) is 10.9 Å². The maximum Gasteiger partial charge on any atom is 0.195 e. The van der Waals surface area contributed by atoms with Crippen molar-refractivity contribution in [3.63, 3.8) is 0 Å². The molecular formula is C16H11BrFNO. The number of fused-ring (bicyclic) bond motifs is 1. The number of nitrogens with one attached hydrogen (secondary N) is 1. The maximum absolute atomic E-state index is 13.6. The molecule has 0 fully saturated rings. The van der Waals surface area contributed by atoms with Crippen molar-refractivity contribution < 1.29 is 9.18 Å². The molecule has 4 heteroatoms. The SMILES string of the molecule is Cc1ccc(C(=O)c2c[nH]c3cc(Br)ccc23)cc1F. The highest BCUT2D eigenvalue weighted by Crippen LogP contribution is 2.24. The second-order valence-corrected chi connectivity index (χ2v) is 5.60. The van der Waals surface area contributed by atoms with Crippen molar-refractivity contribution in [2.45, 2.75) is 6.92 Å². The normalized spacial score (nSPS) is 10.9. The van der Waals surface area contributed by atoms with E-state index in [2.05, 4.69) is 20.9 Å². The third kappa shape index (κ3) is 2.16. The molecule has 0 aliphatic carbocycles. The third-order valence-corrected chi connectivity index (χ3v) is 3.82. The minimum atomic E-state index is -0.363. The van der Waals surface area contributed by atoms with E-state index in [1.165, 1.54) is 6.07 Å². The van der Waals surface area contributed by atoms with Gasteiger partial charge in [-0.3, -0.25) is 4.79 Å². The summed E-state index contributed by atoms with van der Waals surface area (Å²) in [5.41, 5.74) is 2.31. The number of aryl methyl sites for hydroxylation is 1. The van der Waals surface area contributed by atoms with Gasteiger partial charge in [0.2, 0.25) is 0 Å². The molecule has 0 unspecified atom stereocenters.